The molecule has 1 aliphatic rings. The smallest absolute Gasteiger partial charge is 0.0197 e. The topological polar surface area (TPSA) is 3.24 Å². The quantitative estimate of drug-likeness (QED) is 0.710. The number of thioether (sulfide) groups is 1. The lowest BCUT2D eigenvalue weighted by Gasteiger charge is -2.27. The fourth-order valence-electron chi connectivity index (χ4n) is 2.32. The molecule has 1 atom stereocenters. The summed E-state index contributed by atoms with van der Waals surface area (Å²) < 4.78 is 0. The molecule has 92 valence electrons. The molecule has 0 aliphatic carbocycles. The van der Waals surface area contributed by atoms with Gasteiger partial charge in [-0.05, 0) is 24.2 Å². The molecule has 0 saturated carbocycles. The number of rotatable bonds is 6. The first-order valence-corrected chi connectivity index (χ1v) is 7.52. The maximum atomic E-state index is 3.88. The molecule has 1 aliphatic heterocycles. The third-order valence-electron chi connectivity index (χ3n) is 3.32. The molecule has 0 amide bonds. The van der Waals surface area contributed by atoms with Gasteiger partial charge in [-0.3, -0.25) is 4.90 Å². The average molecular weight is 247 g/mol. The van der Waals surface area contributed by atoms with E-state index in [1.54, 1.807) is 0 Å². The summed E-state index contributed by atoms with van der Waals surface area (Å²) in [5.74, 6) is 2.62. The first-order valence-electron chi connectivity index (χ1n) is 6.37. The van der Waals surface area contributed by atoms with Gasteiger partial charge >= 0.3 is 0 Å². The van der Waals surface area contributed by atoms with E-state index in [2.05, 4.69) is 53.6 Å². The summed E-state index contributed by atoms with van der Waals surface area (Å²) in [5.41, 5.74) is 1.44. The lowest BCUT2D eigenvalue weighted by Crippen LogP contribution is -2.36. The summed E-state index contributed by atoms with van der Waals surface area (Å²) in [6.45, 7) is 6.06. The van der Waals surface area contributed by atoms with Gasteiger partial charge < -0.3 is 0 Å². The minimum absolute atomic E-state index is 0.765. The van der Waals surface area contributed by atoms with Gasteiger partial charge in [0.1, 0.15) is 0 Å². The van der Waals surface area contributed by atoms with Crippen LogP contribution in [0, 0.1) is 0 Å². The zero-order valence-corrected chi connectivity index (χ0v) is 11.2. The Morgan fingerprint density at radius 2 is 2.18 bits per heavy atom. The fourth-order valence-corrected chi connectivity index (χ4v) is 3.57. The SMILES string of the molecule is C=CCN(CCc1ccccc1)C1CCSC1. The molecular weight excluding hydrogens is 226 g/mol. The number of hydrogen-bond donors (Lipinski definition) is 0. The second-order valence-electron chi connectivity index (χ2n) is 4.54. The lowest BCUT2D eigenvalue weighted by molar-refractivity contribution is 0.239. The molecule has 17 heavy (non-hydrogen) atoms. The van der Waals surface area contributed by atoms with Crippen LogP contribution in [0.5, 0.6) is 0 Å². The van der Waals surface area contributed by atoms with E-state index in [1.807, 2.05) is 6.08 Å². The largest absolute Gasteiger partial charge is 0.296 e. The first kappa shape index (κ1) is 12.7. The average Bonchev–Trinajstić information content (AvgIpc) is 2.89. The van der Waals surface area contributed by atoms with Gasteiger partial charge in [0.25, 0.3) is 0 Å². The van der Waals surface area contributed by atoms with E-state index in [1.165, 1.54) is 23.5 Å². The molecule has 1 unspecified atom stereocenters. The molecule has 2 heteroatoms. The van der Waals surface area contributed by atoms with Crippen molar-refractivity contribution >= 4 is 11.8 Å². The van der Waals surface area contributed by atoms with Crippen molar-refractivity contribution in [1.29, 1.82) is 0 Å². The molecule has 1 heterocycles. The van der Waals surface area contributed by atoms with Gasteiger partial charge in [-0.25, -0.2) is 0 Å². The summed E-state index contributed by atoms with van der Waals surface area (Å²) in [7, 11) is 0. The van der Waals surface area contributed by atoms with Crippen LogP contribution in [0.4, 0.5) is 0 Å². The zero-order valence-electron chi connectivity index (χ0n) is 10.3. The molecule has 0 aromatic heterocycles. The van der Waals surface area contributed by atoms with Crippen LogP contribution in [0.1, 0.15) is 12.0 Å². The molecule has 1 saturated heterocycles. The van der Waals surface area contributed by atoms with Gasteiger partial charge in [-0.15, -0.1) is 6.58 Å². The van der Waals surface area contributed by atoms with E-state index >= 15 is 0 Å². The van der Waals surface area contributed by atoms with Crippen LogP contribution in [-0.4, -0.2) is 35.5 Å². The van der Waals surface area contributed by atoms with Gasteiger partial charge in [0, 0.05) is 24.9 Å². The van der Waals surface area contributed by atoms with E-state index < -0.39 is 0 Å². The molecule has 1 fully saturated rings. The third kappa shape index (κ3) is 3.90. The van der Waals surface area contributed by atoms with E-state index in [9.17, 15) is 0 Å². The van der Waals surface area contributed by atoms with E-state index in [-0.39, 0.29) is 0 Å². The van der Waals surface area contributed by atoms with Crippen molar-refractivity contribution < 1.29 is 0 Å². The molecule has 0 N–H and O–H groups in total. The Balaban J connectivity index is 1.86. The van der Waals surface area contributed by atoms with E-state index in [0.29, 0.717) is 0 Å². The molecular formula is C15H21NS. The predicted molar refractivity (Wildman–Crippen MR) is 77.6 cm³/mol. The van der Waals surface area contributed by atoms with E-state index in [4.69, 9.17) is 0 Å². The monoisotopic (exact) mass is 247 g/mol. The Hall–Kier alpha value is -0.730. The van der Waals surface area contributed by atoms with Crippen LogP contribution in [-0.2, 0) is 6.42 Å². The van der Waals surface area contributed by atoms with Gasteiger partial charge in [-0.2, -0.15) is 11.8 Å². The second-order valence-corrected chi connectivity index (χ2v) is 5.69. The molecule has 2 rings (SSSR count). The molecule has 0 radical (unpaired) electrons. The van der Waals surface area contributed by atoms with Crippen molar-refractivity contribution in [3.8, 4) is 0 Å². The fraction of sp³-hybridized carbons (Fsp3) is 0.467. The van der Waals surface area contributed by atoms with Crippen molar-refractivity contribution in [1.82, 2.24) is 4.90 Å². The van der Waals surface area contributed by atoms with Crippen molar-refractivity contribution in [2.24, 2.45) is 0 Å². The Labute approximate surface area is 109 Å². The maximum absolute atomic E-state index is 3.88. The summed E-state index contributed by atoms with van der Waals surface area (Å²) >= 11 is 2.08. The minimum atomic E-state index is 0.765. The second kappa shape index (κ2) is 6.87. The van der Waals surface area contributed by atoms with Crippen molar-refractivity contribution in [3.05, 3.63) is 48.6 Å². The predicted octanol–water partition coefficient (Wildman–Crippen LogP) is 3.22. The Bertz CT molecular complexity index is 330. The number of nitrogens with zero attached hydrogens (tertiary/aromatic N) is 1. The van der Waals surface area contributed by atoms with Crippen molar-refractivity contribution in [2.75, 3.05) is 24.6 Å². The van der Waals surface area contributed by atoms with Gasteiger partial charge in [-0.1, -0.05) is 36.4 Å². The summed E-state index contributed by atoms with van der Waals surface area (Å²) in [4.78, 5) is 2.58. The van der Waals surface area contributed by atoms with Crippen LogP contribution in [0.25, 0.3) is 0 Å². The van der Waals surface area contributed by atoms with Crippen LogP contribution >= 0.6 is 11.8 Å². The van der Waals surface area contributed by atoms with Crippen LogP contribution in [0.3, 0.4) is 0 Å². The summed E-state index contributed by atoms with van der Waals surface area (Å²) in [5, 5.41) is 0. The minimum Gasteiger partial charge on any atom is -0.296 e. The molecule has 0 spiro atoms. The third-order valence-corrected chi connectivity index (χ3v) is 4.46. The number of benzene rings is 1. The highest BCUT2D eigenvalue weighted by Crippen LogP contribution is 2.22. The summed E-state index contributed by atoms with van der Waals surface area (Å²) in [6.07, 6.45) is 4.52. The standard InChI is InChI=1S/C15H21NS/c1-2-10-16(15-9-12-17-13-15)11-8-14-6-4-3-5-7-14/h2-7,15H,1,8-13H2. The lowest BCUT2D eigenvalue weighted by atomic mass is 10.1. The molecule has 0 bridgehead atoms. The summed E-state index contributed by atoms with van der Waals surface area (Å²) in [6, 6.07) is 11.5. The first-order chi connectivity index (χ1) is 8.40. The maximum Gasteiger partial charge on any atom is 0.0197 e. The molecule has 1 aromatic carbocycles. The van der Waals surface area contributed by atoms with Crippen LogP contribution in [0.15, 0.2) is 43.0 Å². The van der Waals surface area contributed by atoms with Crippen molar-refractivity contribution in [2.45, 2.75) is 18.9 Å². The zero-order chi connectivity index (χ0) is 11.9. The molecule has 1 aromatic rings. The highest BCUT2D eigenvalue weighted by atomic mass is 32.2. The van der Waals surface area contributed by atoms with Gasteiger partial charge in [0.05, 0.1) is 0 Å². The van der Waals surface area contributed by atoms with Crippen LogP contribution < -0.4 is 0 Å². The molecule has 1 nitrogen and oxygen atoms in total. The Kier molecular flexibility index (Phi) is 5.14. The van der Waals surface area contributed by atoms with E-state index in [0.717, 1.165) is 25.6 Å². The highest BCUT2D eigenvalue weighted by Gasteiger charge is 2.21. The van der Waals surface area contributed by atoms with Crippen molar-refractivity contribution in [3.63, 3.8) is 0 Å². The normalized spacial score (nSPS) is 19.7. The highest BCUT2D eigenvalue weighted by molar-refractivity contribution is 7.99. The Morgan fingerprint density at radius 1 is 1.35 bits per heavy atom. The van der Waals surface area contributed by atoms with Gasteiger partial charge in [0.2, 0.25) is 0 Å². The van der Waals surface area contributed by atoms with Gasteiger partial charge in [0.15, 0.2) is 0 Å². The Morgan fingerprint density at radius 3 is 2.82 bits per heavy atom. The number of hydrogen-bond acceptors (Lipinski definition) is 2. The van der Waals surface area contributed by atoms with Crippen LogP contribution in [0.2, 0.25) is 0 Å².